The monoisotopic (exact) mass is 305 g/mol. The minimum atomic E-state index is -1.05. The van der Waals surface area contributed by atoms with Gasteiger partial charge in [-0.1, -0.05) is 11.6 Å². The highest BCUT2D eigenvalue weighted by molar-refractivity contribution is 7.17. The normalized spacial score (nSPS) is 10.7. The first-order chi connectivity index (χ1) is 9.65. The van der Waals surface area contributed by atoms with Crippen LogP contribution in [0.4, 0.5) is 11.5 Å². The number of nitrogens with one attached hydrogen (secondary N) is 1. The maximum absolute atomic E-state index is 10.9. The molecule has 0 unspecified atom stereocenters. The van der Waals surface area contributed by atoms with Crippen LogP contribution in [-0.4, -0.2) is 21.0 Å². The largest absolute Gasteiger partial charge is 0.478 e. The molecule has 2 aromatic heterocycles. The lowest BCUT2D eigenvalue weighted by Crippen LogP contribution is -1.99. The molecule has 20 heavy (non-hydrogen) atoms. The van der Waals surface area contributed by atoms with Crippen LogP contribution in [0.2, 0.25) is 5.02 Å². The first-order valence-corrected chi connectivity index (χ1v) is 6.89. The summed E-state index contributed by atoms with van der Waals surface area (Å²) in [7, 11) is 0. The number of anilines is 2. The molecule has 2 heterocycles. The number of aromatic nitrogens is 2. The fraction of sp³-hybridized carbons (Fsp3) is 0. The van der Waals surface area contributed by atoms with Gasteiger partial charge in [0.15, 0.2) is 5.82 Å². The summed E-state index contributed by atoms with van der Waals surface area (Å²) >= 11 is 7.47. The van der Waals surface area contributed by atoms with Gasteiger partial charge >= 0.3 is 5.97 Å². The molecule has 3 aromatic rings. The van der Waals surface area contributed by atoms with E-state index >= 15 is 0 Å². The highest BCUT2D eigenvalue weighted by Gasteiger charge is 2.10. The summed E-state index contributed by atoms with van der Waals surface area (Å²) < 4.78 is 0.936. The number of nitrogens with zero attached hydrogens (tertiary/aromatic N) is 2. The summed E-state index contributed by atoms with van der Waals surface area (Å²) in [5.41, 5.74) is 1.61. The molecule has 0 aliphatic heterocycles. The molecule has 0 bridgehead atoms. The van der Waals surface area contributed by atoms with Gasteiger partial charge in [0.05, 0.1) is 20.8 Å². The minimum absolute atomic E-state index is 0.0705. The molecule has 1 aromatic carbocycles. The number of hydrogen-bond donors (Lipinski definition) is 2. The molecule has 3 rings (SSSR count). The summed E-state index contributed by atoms with van der Waals surface area (Å²) in [4.78, 5) is 19.3. The van der Waals surface area contributed by atoms with E-state index in [0.29, 0.717) is 11.5 Å². The van der Waals surface area contributed by atoms with E-state index in [-0.39, 0.29) is 10.6 Å². The number of aromatic carboxylic acids is 1. The Hall–Kier alpha value is -2.18. The minimum Gasteiger partial charge on any atom is -0.478 e. The van der Waals surface area contributed by atoms with E-state index in [2.05, 4.69) is 15.3 Å². The number of thiophene rings is 1. The van der Waals surface area contributed by atoms with E-state index < -0.39 is 5.97 Å². The molecular weight excluding hydrogens is 298 g/mol. The maximum Gasteiger partial charge on any atom is 0.337 e. The van der Waals surface area contributed by atoms with Gasteiger partial charge in [0, 0.05) is 5.69 Å². The molecule has 0 atom stereocenters. The van der Waals surface area contributed by atoms with Crippen LogP contribution in [0.5, 0.6) is 0 Å². The number of rotatable bonds is 3. The van der Waals surface area contributed by atoms with Crippen molar-refractivity contribution in [1.82, 2.24) is 9.97 Å². The molecular formula is C13H8ClN3O2S. The Morgan fingerprint density at radius 3 is 2.90 bits per heavy atom. The fourth-order valence-electron chi connectivity index (χ4n) is 1.78. The van der Waals surface area contributed by atoms with Crippen molar-refractivity contribution in [2.24, 2.45) is 0 Å². The molecule has 0 aliphatic rings. The van der Waals surface area contributed by atoms with Crippen LogP contribution in [0.25, 0.3) is 10.2 Å². The number of benzene rings is 1. The quantitative estimate of drug-likeness (QED) is 0.770. The van der Waals surface area contributed by atoms with E-state index in [1.807, 2.05) is 11.4 Å². The van der Waals surface area contributed by atoms with Gasteiger partial charge in [-0.15, -0.1) is 11.3 Å². The number of halogens is 1. The lowest BCUT2D eigenvalue weighted by Gasteiger charge is -2.07. The van der Waals surface area contributed by atoms with Gasteiger partial charge < -0.3 is 10.4 Å². The van der Waals surface area contributed by atoms with Gasteiger partial charge in [0.1, 0.15) is 6.33 Å². The van der Waals surface area contributed by atoms with Crippen LogP contribution in [0.15, 0.2) is 36.0 Å². The molecule has 2 N–H and O–H groups in total. The van der Waals surface area contributed by atoms with Crippen LogP contribution in [0.1, 0.15) is 10.4 Å². The number of carbonyl (C=O) groups is 1. The highest BCUT2D eigenvalue weighted by atomic mass is 35.5. The molecule has 0 fully saturated rings. The lowest BCUT2D eigenvalue weighted by molar-refractivity contribution is 0.0697. The summed E-state index contributed by atoms with van der Waals surface area (Å²) in [6.07, 6.45) is 1.48. The van der Waals surface area contributed by atoms with Crippen molar-refractivity contribution in [2.75, 3.05) is 5.32 Å². The van der Waals surface area contributed by atoms with Crippen molar-refractivity contribution in [3.8, 4) is 0 Å². The molecule has 0 aliphatic carbocycles. The van der Waals surface area contributed by atoms with E-state index in [1.54, 1.807) is 12.1 Å². The zero-order valence-corrected chi connectivity index (χ0v) is 11.6. The lowest BCUT2D eigenvalue weighted by atomic mass is 10.2. The Labute approximate surface area is 122 Å². The van der Waals surface area contributed by atoms with E-state index in [0.717, 1.165) is 10.2 Å². The molecule has 0 spiro atoms. The molecule has 7 heteroatoms. The number of hydrogen-bond acceptors (Lipinski definition) is 5. The average molecular weight is 306 g/mol. The van der Waals surface area contributed by atoms with Crippen molar-refractivity contribution in [1.29, 1.82) is 0 Å². The summed E-state index contributed by atoms with van der Waals surface area (Å²) in [6, 6.07) is 6.58. The van der Waals surface area contributed by atoms with Gasteiger partial charge in [0.25, 0.3) is 0 Å². The molecule has 0 saturated heterocycles. The third-order valence-electron chi connectivity index (χ3n) is 2.71. The van der Waals surface area contributed by atoms with E-state index in [9.17, 15) is 4.79 Å². The van der Waals surface area contributed by atoms with Crippen LogP contribution in [0.3, 0.4) is 0 Å². The Morgan fingerprint density at radius 1 is 1.30 bits per heavy atom. The van der Waals surface area contributed by atoms with Crippen molar-refractivity contribution >= 4 is 50.6 Å². The average Bonchev–Trinajstić information content (AvgIpc) is 2.87. The zero-order valence-electron chi connectivity index (χ0n) is 10.0. The zero-order chi connectivity index (χ0) is 14.1. The Morgan fingerprint density at radius 2 is 2.15 bits per heavy atom. The van der Waals surface area contributed by atoms with Crippen LogP contribution < -0.4 is 5.32 Å². The first-order valence-electron chi connectivity index (χ1n) is 5.63. The maximum atomic E-state index is 10.9. The number of fused-ring (bicyclic) bond motifs is 1. The smallest absolute Gasteiger partial charge is 0.337 e. The van der Waals surface area contributed by atoms with Crippen LogP contribution in [0, 0.1) is 0 Å². The summed E-state index contributed by atoms with van der Waals surface area (Å²) in [6.45, 7) is 0. The fourth-order valence-corrected chi connectivity index (χ4v) is 2.83. The number of carboxylic acid groups (broad SMARTS) is 1. The molecule has 0 amide bonds. The second kappa shape index (κ2) is 5.07. The van der Waals surface area contributed by atoms with Gasteiger partial charge in [-0.3, -0.25) is 0 Å². The SMILES string of the molecule is O=C(O)c1ccc(Nc2ncnc3ccsc23)cc1Cl. The molecule has 100 valence electrons. The van der Waals surface area contributed by atoms with Crippen molar-refractivity contribution < 1.29 is 9.90 Å². The predicted octanol–water partition coefficient (Wildman–Crippen LogP) is 3.79. The second-order valence-electron chi connectivity index (χ2n) is 3.98. The third kappa shape index (κ3) is 2.31. The van der Waals surface area contributed by atoms with E-state index in [1.165, 1.54) is 23.7 Å². The van der Waals surface area contributed by atoms with Crippen LogP contribution >= 0.6 is 22.9 Å². The van der Waals surface area contributed by atoms with Crippen molar-refractivity contribution in [3.05, 3.63) is 46.6 Å². The van der Waals surface area contributed by atoms with Crippen molar-refractivity contribution in [3.63, 3.8) is 0 Å². The molecule has 5 nitrogen and oxygen atoms in total. The number of carboxylic acids is 1. The standard InChI is InChI=1S/C13H8ClN3O2S/c14-9-5-7(1-2-8(9)13(18)19)17-12-11-10(3-4-20-11)15-6-16-12/h1-6H,(H,18,19)(H,15,16,17). The Kier molecular flexibility index (Phi) is 3.25. The summed E-state index contributed by atoms with van der Waals surface area (Å²) in [5.74, 6) is -0.381. The van der Waals surface area contributed by atoms with Gasteiger partial charge in [0.2, 0.25) is 0 Å². The highest BCUT2D eigenvalue weighted by Crippen LogP contribution is 2.29. The summed E-state index contributed by atoms with van der Waals surface area (Å²) in [5, 5.41) is 14.2. The van der Waals surface area contributed by atoms with Crippen LogP contribution in [-0.2, 0) is 0 Å². The molecule has 0 radical (unpaired) electrons. The second-order valence-corrected chi connectivity index (χ2v) is 5.31. The van der Waals surface area contributed by atoms with Gasteiger partial charge in [-0.2, -0.15) is 0 Å². The Bertz CT molecular complexity index is 803. The van der Waals surface area contributed by atoms with Gasteiger partial charge in [-0.05, 0) is 29.6 Å². The van der Waals surface area contributed by atoms with Gasteiger partial charge in [-0.25, -0.2) is 14.8 Å². The van der Waals surface area contributed by atoms with E-state index in [4.69, 9.17) is 16.7 Å². The first kappa shape index (κ1) is 12.8. The topological polar surface area (TPSA) is 75.1 Å². The predicted molar refractivity (Wildman–Crippen MR) is 79.1 cm³/mol. The Balaban J connectivity index is 1.97. The molecule has 0 saturated carbocycles. The van der Waals surface area contributed by atoms with Crippen molar-refractivity contribution in [2.45, 2.75) is 0 Å². The third-order valence-corrected chi connectivity index (χ3v) is 3.93.